The fraction of sp³-hybridized carbons (Fsp3) is 0.0741. The number of carbonyl (C=O) groups excluding carboxylic acids is 1. The summed E-state index contributed by atoms with van der Waals surface area (Å²) in [6, 6.07) is 17.7. The van der Waals surface area contributed by atoms with Gasteiger partial charge in [0.25, 0.3) is 11.8 Å². The Morgan fingerprint density at radius 3 is 2.71 bits per heavy atom. The number of nitrogens with one attached hydrogen (secondary N) is 3. The minimum atomic E-state index is -0.290. The molecule has 0 aliphatic heterocycles. The van der Waals surface area contributed by atoms with Crippen LogP contribution in [0.5, 0.6) is 11.6 Å². The van der Waals surface area contributed by atoms with E-state index in [0.29, 0.717) is 51.3 Å². The van der Waals surface area contributed by atoms with Gasteiger partial charge in [0.1, 0.15) is 12.1 Å². The summed E-state index contributed by atoms with van der Waals surface area (Å²) in [5.41, 5.74) is 10.7. The number of anilines is 4. The van der Waals surface area contributed by atoms with E-state index in [1.165, 1.54) is 13.4 Å². The largest absolute Gasteiger partial charge is 0.491 e. The maximum Gasteiger partial charge on any atom is 0.258 e. The van der Waals surface area contributed by atoms with Crippen LogP contribution < -0.4 is 25.8 Å². The minimum absolute atomic E-state index is 0.290. The predicted molar refractivity (Wildman–Crippen MR) is 146 cm³/mol. The first-order chi connectivity index (χ1) is 18.5. The van der Waals surface area contributed by atoms with Gasteiger partial charge < -0.3 is 31.3 Å². The lowest BCUT2D eigenvalue weighted by atomic mass is 10.0. The van der Waals surface area contributed by atoms with Crippen molar-refractivity contribution in [2.45, 2.75) is 0 Å². The fourth-order valence-electron chi connectivity index (χ4n) is 3.93. The molecule has 11 heteroatoms. The van der Waals surface area contributed by atoms with Crippen LogP contribution in [-0.4, -0.2) is 45.9 Å². The predicted octanol–water partition coefficient (Wildman–Crippen LogP) is 4.38. The van der Waals surface area contributed by atoms with Gasteiger partial charge in [0.15, 0.2) is 11.4 Å². The smallest absolute Gasteiger partial charge is 0.258 e. The molecule has 5 N–H and O–H groups in total. The van der Waals surface area contributed by atoms with Gasteiger partial charge in [-0.25, -0.2) is 9.50 Å². The zero-order valence-corrected chi connectivity index (χ0v) is 20.6. The molecule has 38 heavy (non-hydrogen) atoms. The monoisotopic (exact) mass is 508 g/mol. The highest BCUT2D eigenvalue weighted by Gasteiger charge is 2.14. The molecule has 0 aliphatic carbocycles. The number of benzene rings is 2. The molecule has 0 unspecified atom stereocenters. The molecule has 3 heterocycles. The van der Waals surface area contributed by atoms with Gasteiger partial charge >= 0.3 is 0 Å². The van der Waals surface area contributed by atoms with Crippen molar-refractivity contribution in [3.63, 3.8) is 0 Å². The number of ether oxygens (including phenoxy) is 2. The molecule has 11 nitrogen and oxygen atoms in total. The fourth-order valence-corrected chi connectivity index (χ4v) is 3.93. The number of carbonyl (C=O) groups is 1. The second-order valence-corrected chi connectivity index (χ2v) is 8.23. The zero-order chi connectivity index (χ0) is 26.6. The first-order valence-corrected chi connectivity index (χ1v) is 11.5. The summed E-state index contributed by atoms with van der Waals surface area (Å²) in [6.07, 6.45) is 4.45. The van der Waals surface area contributed by atoms with E-state index in [4.69, 9.17) is 20.6 Å². The van der Waals surface area contributed by atoms with Gasteiger partial charge in [-0.3, -0.25) is 4.79 Å². The van der Waals surface area contributed by atoms with Crippen molar-refractivity contribution < 1.29 is 14.3 Å². The Labute approximate surface area is 217 Å². The van der Waals surface area contributed by atoms with Crippen LogP contribution in [0.15, 0.2) is 73.2 Å². The Morgan fingerprint density at radius 2 is 1.92 bits per heavy atom. The van der Waals surface area contributed by atoms with Crippen LogP contribution in [0, 0.1) is 5.41 Å². The van der Waals surface area contributed by atoms with Crippen LogP contribution >= 0.6 is 0 Å². The summed E-state index contributed by atoms with van der Waals surface area (Å²) in [6.45, 7) is 0. The number of rotatable bonds is 8. The lowest BCUT2D eigenvalue weighted by molar-refractivity contribution is 0.102. The number of hydrogen-bond donors (Lipinski definition) is 4. The molecule has 5 rings (SSSR count). The minimum Gasteiger partial charge on any atom is -0.491 e. The average molecular weight is 509 g/mol. The quantitative estimate of drug-likeness (QED) is 0.178. The summed E-state index contributed by atoms with van der Waals surface area (Å²) >= 11 is 0. The Kier molecular flexibility index (Phi) is 6.55. The molecule has 190 valence electrons. The number of fused-ring (bicyclic) bond motifs is 1. The number of aromatic nitrogens is 4. The number of amides is 1. The normalized spacial score (nSPS) is 10.7. The first kappa shape index (κ1) is 24.3. The van der Waals surface area contributed by atoms with E-state index in [9.17, 15) is 4.79 Å². The van der Waals surface area contributed by atoms with Crippen molar-refractivity contribution in [2.75, 3.05) is 30.6 Å². The Balaban J connectivity index is 1.46. The van der Waals surface area contributed by atoms with E-state index in [1.807, 2.05) is 24.4 Å². The van der Waals surface area contributed by atoms with Gasteiger partial charge in [-0.05, 0) is 54.1 Å². The highest BCUT2D eigenvalue weighted by Crippen LogP contribution is 2.31. The van der Waals surface area contributed by atoms with E-state index in [-0.39, 0.29) is 5.91 Å². The van der Waals surface area contributed by atoms with E-state index in [0.717, 1.165) is 17.3 Å². The van der Waals surface area contributed by atoms with E-state index in [2.05, 4.69) is 25.7 Å². The molecule has 5 aromatic rings. The number of nitrogens with zero attached hydrogens (tertiary/aromatic N) is 4. The lowest BCUT2D eigenvalue weighted by Gasteiger charge is -2.13. The molecular formula is C27H24N8O3. The number of methoxy groups -OCH3 is 2. The van der Waals surface area contributed by atoms with Crippen LogP contribution in [0.3, 0.4) is 0 Å². The van der Waals surface area contributed by atoms with Crippen molar-refractivity contribution in [3.8, 4) is 22.8 Å². The van der Waals surface area contributed by atoms with Gasteiger partial charge in [0, 0.05) is 40.5 Å². The molecule has 3 aromatic heterocycles. The highest BCUT2D eigenvalue weighted by atomic mass is 16.5. The molecular weight excluding hydrogens is 484 g/mol. The SMILES string of the molecule is COc1ccc(Nc2cc(-c3cccc(C(=O)Nc4ccc(N)c(C=N)c4)c3)cn3ncnc23)nc1OC. The molecule has 0 bridgehead atoms. The summed E-state index contributed by atoms with van der Waals surface area (Å²) in [5.74, 6) is 1.11. The van der Waals surface area contributed by atoms with Gasteiger partial charge in [-0.2, -0.15) is 10.1 Å². The van der Waals surface area contributed by atoms with Crippen LogP contribution in [0.4, 0.5) is 22.9 Å². The van der Waals surface area contributed by atoms with Crippen molar-refractivity contribution in [3.05, 3.63) is 84.3 Å². The summed E-state index contributed by atoms with van der Waals surface area (Å²) in [4.78, 5) is 21.8. The number of nitrogens with two attached hydrogens (primary N) is 1. The topological polar surface area (TPSA) is 153 Å². The van der Waals surface area contributed by atoms with Gasteiger partial charge in [0.05, 0.1) is 19.9 Å². The van der Waals surface area contributed by atoms with Crippen molar-refractivity contribution >= 4 is 40.6 Å². The standard InChI is InChI=1S/C27H24N8O3/c1-37-23-8-9-24(34-27(23)38-2)33-22-12-19(14-35-25(22)30-15-31-35)16-4-3-5-17(10-16)26(36)32-20-6-7-21(29)18(11-20)13-28/h3-15,28H,29H2,1-2H3,(H,32,36)(H,33,34). The van der Waals surface area contributed by atoms with Crippen LogP contribution in [0.2, 0.25) is 0 Å². The summed E-state index contributed by atoms with van der Waals surface area (Å²) in [7, 11) is 3.07. The molecule has 2 aromatic carbocycles. The third kappa shape index (κ3) is 4.80. The Bertz CT molecular complexity index is 1660. The summed E-state index contributed by atoms with van der Waals surface area (Å²) < 4.78 is 12.2. The van der Waals surface area contributed by atoms with Crippen molar-refractivity contribution in [2.24, 2.45) is 0 Å². The average Bonchev–Trinajstić information content (AvgIpc) is 3.43. The molecule has 0 atom stereocenters. The van der Waals surface area contributed by atoms with Gasteiger partial charge in [-0.15, -0.1) is 0 Å². The van der Waals surface area contributed by atoms with Gasteiger partial charge in [0.2, 0.25) is 0 Å². The van der Waals surface area contributed by atoms with Crippen molar-refractivity contribution in [1.82, 2.24) is 19.6 Å². The number of pyridine rings is 2. The molecule has 0 aliphatic rings. The van der Waals surface area contributed by atoms with Crippen LogP contribution in [0.1, 0.15) is 15.9 Å². The molecule has 1 amide bonds. The Hall–Kier alpha value is -5.45. The third-order valence-electron chi connectivity index (χ3n) is 5.83. The number of hydrogen-bond acceptors (Lipinski definition) is 9. The van der Waals surface area contributed by atoms with Gasteiger partial charge in [-0.1, -0.05) is 12.1 Å². The van der Waals surface area contributed by atoms with E-state index in [1.54, 1.807) is 54.1 Å². The Morgan fingerprint density at radius 1 is 1.05 bits per heavy atom. The maximum atomic E-state index is 13.0. The zero-order valence-electron chi connectivity index (χ0n) is 20.6. The molecule has 0 saturated heterocycles. The lowest BCUT2D eigenvalue weighted by Crippen LogP contribution is -2.12. The third-order valence-corrected chi connectivity index (χ3v) is 5.83. The molecule has 0 spiro atoms. The second kappa shape index (κ2) is 10.3. The van der Waals surface area contributed by atoms with E-state index >= 15 is 0 Å². The molecule has 0 fully saturated rings. The number of nitrogen functional groups attached to an aromatic ring is 1. The second-order valence-electron chi connectivity index (χ2n) is 8.23. The summed E-state index contributed by atoms with van der Waals surface area (Å²) in [5, 5.41) is 17.9. The molecule has 0 radical (unpaired) electrons. The highest BCUT2D eigenvalue weighted by molar-refractivity contribution is 6.05. The first-order valence-electron chi connectivity index (χ1n) is 11.5. The van der Waals surface area contributed by atoms with Crippen LogP contribution in [0.25, 0.3) is 16.8 Å². The molecule has 0 saturated carbocycles. The maximum absolute atomic E-state index is 13.0. The van der Waals surface area contributed by atoms with Crippen molar-refractivity contribution in [1.29, 1.82) is 5.41 Å². The van der Waals surface area contributed by atoms with E-state index < -0.39 is 0 Å². The van der Waals surface area contributed by atoms with Crippen LogP contribution in [-0.2, 0) is 0 Å².